The van der Waals surface area contributed by atoms with Gasteiger partial charge in [-0.05, 0) is 26.7 Å². The van der Waals surface area contributed by atoms with Crippen molar-refractivity contribution in [2.75, 3.05) is 17.7 Å². The Morgan fingerprint density at radius 1 is 1.63 bits per heavy atom. The molecule has 2 heterocycles. The van der Waals surface area contributed by atoms with Crippen LogP contribution in [0.25, 0.3) is 0 Å². The van der Waals surface area contributed by atoms with Gasteiger partial charge in [-0.1, -0.05) is 23.1 Å². The van der Waals surface area contributed by atoms with E-state index in [-0.39, 0.29) is 11.4 Å². The number of rotatable bonds is 5. The summed E-state index contributed by atoms with van der Waals surface area (Å²) in [5.41, 5.74) is -0.110. The number of thioether (sulfide) groups is 1. The van der Waals surface area contributed by atoms with E-state index in [2.05, 4.69) is 29.4 Å². The fraction of sp³-hybridized carbons (Fsp3) is 0.727. The van der Waals surface area contributed by atoms with Gasteiger partial charge in [-0.25, -0.2) is 0 Å². The molecule has 0 amide bonds. The van der Waals surface area contributed by atoms with Gasteiger partial charge < -0.3 is 15.2 Å². The molecule has 0 radical (unpaired) electrons. The Kier molecular flexibility index (Phi) is 4.64. The molecule has 1 unspecified atom stereocenters. The van der Waals surface area contributed by atoms with Gasteiger partial charge in [0, 0.05) is 12.6 Å². The molecule has 1 aliphatic heterocycles. The minimum Gasteiger partial charge on any atom is -0.481 e. The molecule has 8 heteroatoms. The second kappa shape index (κ2) is 6.06. The van der Waals surface area contributed by atoms with Crippen molar-refractivity contribution in [3.8, 4) is 0 Å². The molecule has 1 aromatic rings. The summed E-state index contributed by atoms with van der Waals surface area (Å²) < 4.78 is 6.34. The molecule has 0 saturated carbocycles. The van der Waals surface area contributed by atoms with Crippen LogP contribution in [0.2, 0.25) is 0 Å². The minimum atomic E-state index is -0.846. The van der Waals surface area contributed by atoms with Gasteiger partial charge in [0.05, 0.1) is 11.4 Å². The Labute approximate surface area is 120 Å². The summed E-state index contributed by atoms with van der Waals surface area (Å²) in [5.74, 6) is -0.834. The first-order valence-corrected chi connectivity index (χ1v) is 7.83. The Morgan fingerprint density at radius 2 is 2.42 bits per heavy atom. The highest BCUT2D eigenvalue weighted by Gasteiger charge is 2.29. The Balaban J connectivity index is 1.87. The van der Waals surface area contributed by atoms with E-state index in [0.29, 0.717) is 10.4 Å². The standard InChI is InChI=1S/C11H17N3O3S2/c1-11(2)5-7(3-4-17-11)12-9-13-14-10(19-9)18-6-8(15)16/h7H,3-6H2,1-2H3,(H,12,13)(H,15,16). The highest BCUT2D eigenvalue weighted by Crippen LogP contribution is 2.29. The summed E-state index contributed by atoms with van der Waals surface area (Å²) in [6.07, 6.45) is 1.87. The zero-order valence-corrected chi connectivity index (χ0v) is 12.5. The van der Waals surface area contributed by atoms with Crippen LogP contribution in [0.1, 0.15) is 26.7 Å². The fourth-order valence-electron chi connectivity index (χ4n) is 1.98. The van der Waals surface area contributed by atoms with Crippen LogP contribution in [-0.4, -0.2) is 45.3 Å². The van der Waals surface area contributed by atoms with Gasteiger partial charge in [-0.3, -0.25) is 4.79 Å². The van der Waals surface area contributed by atoms with E-state index in [9.17, 15) is 4.79 Å². The molecule has 0 aliphatic carbocycles. The van der Waals surface area contributed by atoms with Gasteiger partial charge in [0.2, 0.25) is 5.13 Å². The highest BCUT2D eigenvalue weighted by molar-refractivity contribution is 8.01. The van der Waals surface area contributed by atoms with Gasteiger partial charge >= 0.3 is 5.97 Å². The molecule has 6 nitrogen and oxygen atoms in total. The molecular formula is C11H17N3O3S2. The van der Waals surface area contributed by atoms with Crippen molar-refractivity contribution in [1.29, 1.82) is 0 Å². The predicted octanol–water partition coefficient (Wildman–Crippen LogP) is 2.08. The second-order valence-electron chi connectivity index (χ2n) is 5.00. The van der Waals surface area contributed by atoms with Gasteiger partial charge in [0.25, 0.3) is 0 Å². The van der Waals surface area contributed by atoms with E-state index in [0.717, 1.165) is 24.6 Å². The van der Waals surface area contributed by atoms with E-state index in [1.165, 1.54) is 23.1 Å². The topological polar surface area (TPSA) is 84.3 Å². The van der Waals surface area contributed by atoms with Crippen LogP contribution in [0.15, 0.2) is 4.34 Å². The second-order valence-corrected chi connectivity index (χ2v) is 7.20. The molecule has 2 rings (SSSR count). The van der Waals surface area contributed by atoms with E-state index < -0.39 is 5.97 Å². The first kappa shape index (κ1) is 14.5. The molecule has 1 aromatic heterocycles. The summed E-state index contributed by atoms with van der Waals surface area (Å²) >= 11 is 2.59. The van der Waals surface area contributed by atoms with E-state index >= 15 is 0 Å². The number of ether oxygens (including phenoxy) is 1. The van der Waals surface area contributed by atoms with Crippen molar-refractivity contribution in [2.45, 2.75) is 42.7 Å². The largest absolute Gasteiger partial charge is 0.481 e. The van der Waals surface area contributed by atoms with Crippen LogP contribution in [0.4, 0.5) is 5.13 Å². The summed E-state index contributed by atoms with van der Waals surface area (Å²) in [4.78, 5) is 10.5. The van der Waals surface area contributed by atoms with Crippen LogP contribution in [0, 0.1) is 0 Å². The van der Waals surface area contributed by atoms with Crippen molar-refractivity contribution in [3.05, 3.63) is 0 Å². The summed E-state index contributed by atoms with van der Waals surface area (Å²) in [7, 11) is 0. The molecule has 0 spiro atoms. The molecule has 0 aromatic carbocycles. The third-order valence-electron chi connectivity index (χ3n) is 2.75. The lowest BCUT2D eigenvalue weighted by Crippen LogP contribution is -2.40. The maximum absolute atomic E-state index is 10.5. The van der Waals surface area contributed by atoms with E-state index in [4.69, 9.17) is 9.84 Å². The van der Waals surface area contributed by atoms with Crippen molar-refractivity contribution in [3.63, 3.8) is 0 Å². The van der Waals surface area contributed by atoms with Crippen LogP contribution in [0.3, 0.4) is 0 Å². The Bertz CT molecular complexity index is 450. The molecule has 1 aliphatic rings. The van der Waals surface area contributed by atoms with Gasteiger partial charge in [0.15, 0.2) is 4.34 Å². The molecule has 19 heavy (non-hydrogen) atoms. The number of carbonyl (C=O) groups is 1. The number of carboxylic acids is 1. The number of anilines is 1. The lowest BCUT2D eigenvalue weighted by Gasteiger charge is -2.35. The molecular weight excluding hydrogens is 286 g/mol. The number of aromatic nitrogens is 2. The maximum atomic E-state index is 10.5. The summed E-state index contributed by atoms with van der Waals surface area (Å²) in [5, 5.41) is 20.7. The summed E-state index contributed by atoms with van der Waals surface area (Å²) in [6.45, 7) is 4.90. The van der Waals surface area contributed by atoms with Crippen LogP contribution in [0.5, 0.6) is 0 Å². The lowest BCUT2D eigenvalue weighted by atomic mass is 9.94. The van der Waals surface area contributed by atoms with Crippen molar-refractivity contribution in [1.82, 2.24) is 10.2 Å². The number of hydrogen-bond acceptors (Lipinski definition) is 7. The lowest BCUT2D eigenvalue weighted by molar-refractivity contribution is -0.133. The van der Waals surface area contributed by atoms with Crippen LogP contribution >= 0.6 is 23.1 Å². The number of hydrogen-bond donors (Lipinski definition) is 2. The summed E-state index contributed by atoms with van der Waals surface area (Å²) in [6, 6.07) is 0.328. The Morgan fingerprint density at radius 3 is 3.11 bits per heavy atom. The van der Waals surface area contributed by atoms with E-state index in [1.807, 2.05) is 0 Å². The molecule has 1 fully saturated rings. The third-order valence-corrected chi connectivity index (χ3v) is 4.72. The van der Waals surface area contributed by atoms with Crippen LogP contribution in [-0.2, 0) is 9.53 Å². The maximum Gasteiger partial charge on any atom is 0.313 e. The first-order valence-electron chi connectivity index (χ1n) is 6.03. The van der Waals surface area contributed by atoms with Crippen molar-refractivity contribution in [2.24, 2.45) is 0 Å². The number of carboxylic acid groups (broad SMARTS) is 1. The van der Waals surface area contributed by atoms with Gasteiger partial charge in [-0.15, -0.1) is 10.2 Å². The third kappa shape index (κ3) is 4.63. The monoisotopic (exact) mass is 303 g/mol. The zero-order valence-electron chi connectivity index (χ0n) is 10.9. The molecule has 106 valence electrons. The average molecular weight is 303 g/mol. The normalized spacial score (nSPS) is 22.1. The van der Waals surface area contributed by atoms with Crippen molar-refractivity contribution >= 4 is 34.2 Å². The van der Waals surface area contributed by atoms with Gasteiger partial charge in [-0.2, -0.15) is 0 Å². The number of nitrogens with one attached hydrogen (secondary N) is 1. The Hall–Kier alpha value is -0.860. The van der Waals surface area contributed by atoms with Crippen LogP contribution < -0.4 is 5.32 Å². The van der Waals surface area contributed by atoms with Gasteiger partial charge in [0.1, 0.15) is 0 Å². The molecule has 2 N–H and O–H groups in total. The first-order chi connectivity index (χ1) is 8.94. The highest BCUT2D eigenvalue weighted by atomic mass is 32.2. The average Bonchev–Trinajstić information content (AvgIpc) is 2.73. The smallest absolute Gasteiger partial charge is 0.313 e. The van der Waals surface area contributed by atoms with E-state index in [1.54, 1.807) is 0 Å². The van der Waals surface area contributed by atoms with Crippen molar-refractivity contribution < 1.29 is 14.6 Å². The molecule has 1 saturated heterocycles. The zero-order chi connectivity index (χ0) is 13.9. The number of aliphatic carboxylic acids is 1. The minimum absolute atomic E-state index is 0.0128. The predicted molar refractivity (Wildman–Crippen MR) is 74.9 cm³/mol. The molecule has 0 bridgehead atoms. The molecule has 1 atom stereocenters. The SMILES string of the molecule is CC1(C)CC(Nc2nnc(SCC(=O)O)s2)CCO1. The number of nitrogens with zero attached hydrogens (tertiary/aromatic N) is 2. The quantitative estimate of drug-likeness (QED) is 0.806. The fourth-order valence-corrected chi connectivity index (χ4v) is 3.53.